The van der Waals surface area contributed by atoms with E-state index in [0.717, 1.165) is 32.2 Å². The Balaban J connectivity index is 1.93. The lowest BCUT2D eigenvalue weighted by Crippen LogP contribution is -2.35. The number of nitrogens with one attached hydrogen (secondary N) is 1. The fourth-order valence-corrected chi connectivity index (χ4v) is 2.63. The van der Waals surface area contributed by atoms with E-state index in [9.17, 15) is 14.9 Å². The lowest BCUT2D eigenvalue weighted by atomic mass is 10.1. The van der Waals surface area contributed by atoms with Gasteiger partial charge in [-0.15, -0.1) is 0 Å². The highest BCUT2D eigenvalue weighted by Gasteiger charge is 2.39. The fraction of sp³-hybridized carbons (Fsp3) is 0.533. The van der Waals surface area contributed by atoms with E-state index in [4.69, 9.17) is 0 Å². The summed E-state index contributed by atoms with van der Waals surface area (Å²) in [6.07, 6.45) is 4.35. The second kappa shape index (κ2) is 5.35. The van der Waals surface area contributed by atoms with Crippen LogP contribution in [0.5, 0.6) is 0 Å². The Hall–Kier alpha value is -2.11. The summed E-state index contributed by atoms with van der Waals surface area (Å²) >= 11 is 0. The molecule has 2 aliphatic rings. The molecule has 3 rings (SSSR count). The summed E-state index contributed by atoms with van der Waals surface area (Å²) < 4.78 is 0. The summed E-state index contributed by atoms with van der Waals surface area (Å²) in [4.78, 5) is 25.5. The molecule has 0 heterocycles. The van der Waals surface area contributed by atoms with Crippen LogP contribution in [0, 0.1) is 16.0 Å². The van der Waals surface area contributed by atoms with Crippen molar-refractivity contribution in [2.45, 2.75) is 31.7 Å². The minimum atomic E-state index is -0.471. The molecule has 2 fully saturated rings. The van der Waals surface area contributed by atoms with Crippen LogP contribution in [-0.4, -0.2) is 35.4 Å². The standard InChI is InChI=1S/C15H19N3O3/c1-16-13-4-2-3-12(14(13)18(20)21)15(19)17(11-7-8-11)9-10-5-6-10/h2-4,10-11,16H,5-9H2,1H3. The predicted octanol–water partition coefficient (Wildman–Crippen LogP) is 2.65. The maximum Gasteiger partial charge on any atom is 0.305 e. The van der Waals surface area contributed by atoms with Gasteiger partial charge in [-0.3, -0.25) is 14.9 Å². The monoisotopic (exact) mass is 289 g/mol. The third kappa shape index (κ3) is 2.84. The van der Waals surface area contributed by atoms with E-state index < -0.39 is 4.92 Å². The minimum absolute atomic E-state index is 0.119. The van der Waals surface area contributed by atoms with Gasteiger partial charge in [0.05, 0.1) is 4.92 Å². The minimum Gasteiger partial charge on any atom is -0.383 e. The van der Waals surface area contributed by atoms with E-state index in [1.165, 1.54) is 0 Å². The lowest BCUT2D eigenvalue weighted by molar-refractivity contribution is -0.384. The van der Waals surface area contributed by atoms with Crippen LogP contribution < -0.4 is 5.32 Å². The highest BCUT2D eigenvalue weighted by Crippen LogP contribution is 2.37. The van der Waals surface area contributed by atoms with Crippen LogP contribution in [0.4, 0.5) is 11.4 Å². The van der Waals surface area contributed by atoms with E-state index >= 15 is 0 Å². The van der Waals surface area contributed by atoms with Crippen LogP contribution in [0.15, 0.2) is 18.2 Å². The van der Waals surface area contributed by atoms with Gasteiger partial charge in [-0.2, -0.15) is 0 Å². The van der Waals surface area contributed by atoms with Crippen molar-refractivity contribution in [3.63, 3.8) is 0 Å². The van der Waals surface area contributed by atoms with E-state index in [0.29, 0.717) is 11.6 Å². The lowest BCUT2D eigenvalue weighted by Gasteiger charge is -2.22. The zero-order valence-electron chi connectivity index (χ0n) is 12.0. The van der Waals surface area contributed by atoms with Gasteiger partial charge in [0, 0.05) is 19.6 Å². The number of hydrogen-bond acceptors (Lipinski definition) is 4. The van der Waals surface area contributed by atoms with Gasteiger partial charge in [0.25, 0.3) is 5.91 Å². The van der Waals surface area contributed by atoms with Crippen molar-refractivity contribution in [1.82, 2.24) is 4.90 Å². The predicted molar refractivity (Wildman–Crippen MR) is 79.4 cm³/mol. The maximum absolute atomic E-state index is 12.8. The van der Waals surface area contributed by atoms with Gasteiger partial charge in [0.15, 0.2) is 0 Å². The molecule has 0 spiro atoms. The number of nitrogens with zero attached hydrogens (tertiary/aromatic N) is 2. The molecule has 0 aromatic heterocycles. The van der Waals surface area contributed by atoms with Crippen molar-refractivity contribution >= 4 is 17.3 Å². The molecular formula is C15H19N3O3. The Morgan fingerprint density at radius 1 is 1.38 bits per heavy atom. The molecule has 6 heteroatoms. The number of nitro benzene ring substituents is 1. The third-order valence-corrected chi connectivity index (χ3v) is 4.12. The van der Waals surface area contributed by atoms with Gasteiger partial charge in [0.2, 0.25) is 0 Å². The van der Waals surface area contributed by atoms with Crippen molar-refractivity contribution in [2.75, 3.05) is 18.9 Å². The van der Waals surface area contributed by atoms with Gasteiger partial charge in [-0.1, -0.05) is 6.07 Å². The Morgan fingerprint density at radius 2 is 2.10 bits per heavy atom. The van der Waals surface area contributed by atoms with E-state index in [2.05, 4.69) is 5.32 Å². The second-order valence-corrected chi connectivity index (χ2v) is 5.84. The summed E-state index contributed by atoms with van der Waals surface area (Å²) in [7, 11) is 1.62. The number of carbonyl (C=O) groups is 1. The highest BCUT2D eigenvalue weighted by atomic mass is 16.6. The average Bonchev–Trinajstić information content (AvgIpc) is 3.36. The first kappa shape index (κ1) is 13.9. The molecule has 2 aliphatic carbocycles. The third-order valence-electron chi connectivity index (χ3n) is 4.12. The first-order valence-electron chi connectivity index (χ1n) is 7.38. The van der Waals surface area contributed by atoms with Crippen molar-refractivity contribution in [3.8, 4) is 0 Å². The number of carbonyl (C=O) groups excluding carboxylic acids is 1. The number of para-hydroxylation sites is 1. The first-order valence-corrected chi connectivity index (χ1v) is 7.38. The number of hydrogen-bond donors (Lipinski definition) is 1. The van der Waals surface area contributed by atoms with E-state index in [1.54, 1.807) is 25.2 Å². The summed E-state index contributed by atoms with van der Waals surface area (Å²) in [5.74, 6) is 0.384. The van der Waals surface area contributed by atoms with E-state index in [-0.39, 0.29) is 23.2 Å². The molecule has 0 atom stereocenters. The van der Waals surface area contributed by atoms with Crippen LogP contribution >= 0.6 is 0 Å². The molecule has 0 unspecified atom stereocenters. The molecule has 1 aromatic rings. The smallest absolute Gasteiger partial charge is 0.305 e. The van der Waals surface area contributed by atoms with Crippen molar-refractivity contribution in [2.24, 2.45) is 5.92 Å². The molecule has 1 aromatic carbocycles. The zero-order valence-corrected chi connectivity index (χ0v) is 12.0. The molecule has 1 amide bonds. The Kier molecular flexibility index (Phi) is 3.53. The highest BCUT2D eigenvalue weighted by molar-refractivity contribution is 6.00. The number of rotatable bonds is 6. The molecule has 0 radical (unpaired) electrons. The largest absolute Gasteiger partial charge is 0.383 e. The van der Waals surface area contributed by atoms with Gasteiger partial charge >= 0.3 is 5.69 Å². The summed E-state index contributed by atoms with van der Waals surface area (Å²) in [6, 6.07) is 5.14. The van der Waals surface area contributed by atoms with Gasteiger partial charge in [0.1, 0.15) is 11.3 Å². The fourth-order valence-electron chi connectivity index (χ4n) is 2.63. The number of benzene rings is 1. The van der Waals surface area contributed by atoms with Crippen molar-refractivity contribution < 1.29 is 9.72 Å². The molecule has 0 bridgehead atoms. The van der Waals surface area contributed by atoms with Crippen LogP contribution in [-0.2, 0) is 0 Å². The van der Waals surface area contributed by atoms with E-state index in [1.807, 2.05) is 4.90 Å². The summed E-state index contributed by atoms with van der Waals surface area (Å²) in [5.41, 5.74) is 0.457. The molecule has 0 saturated heterocycles. The molecule has 0 aliphatic heterocycles. The topological polar surface area (TPSA) is 75.5 Å². The number of anilines is 1. The molecule has 2 saturated carbocycles. The molecular weight excluding hydrogens is 270 g/mol. The Bertz CT molecular complexity index is 580. The molecule has 21 heavy (non-hydrogen) atoms. The van der Waals surface area contributed by atoms with Gasteiger partial charge in [-0.05, 0) is 43.7 Å². The molecule has 112 valence electrons. The van der Waals surface area contributed by atoms with Crippen molar-refractivity contribution in [1.29, 1.82) is 0 Å². The van der Waals surface area contributed by atoms with Crippen LogP contribution in [0.2, 0.25) is 0 Å². The van der Waals surface area contributed by atoms with Crippen LogP contribution in [0.3, 0.4) is 0 Å². The van der Waals surface area contributed by atoms with Crippen LogP contribution in [0.25, 0.3) is 0 Å². The first-order chi connectivity index (χ1) is 10.1. The van der Waals surface area contributed by atoms with Gasteiger partial charge < -0.3 is 10.2 Å². The zero-order chi connectivity index (χ0) is 15.0. The molecule has 6 nitrogen and oxygen atoms in total. The summed E-state index contributed by atoms with van der Waals surface area (Å²) in [6.45, 7) is 0.741. The summed E-state index contributed by atoms with van der Waals surface area (Å²) in [5, 5.41) is 14.1. The van der Waals surface area contributed by atoms with Crippen LogP contribution in [0.1, 0.15) is 36.0 Å². The van der Waals surface area contributed by atoms with Crippen molar-refractivity contribution in [3.05, 3.63) is 33.9 Å². The molecule has 1 N–H and O–H groups in total. The second-order valence-electron chi connectivity index (χ2n) is 5.84. The quantitative estimate of drug-likeness (QED) is 0.645. The Labute approximate surface area is 123 Å². The Morgan fingerprint density at radius 3 is 2.62 bits per heavy atom. The number of nitro groups is 1. The SMILES string of the molecule is CNc1cccc(C(=O)N(CC2CC2)C2CC2)c1[N+](=O)[O-]. The maximum atomic E-state index is 12.8. The normalized spacial score (nSPS) is 17.4. The number of amides is 1. The average molecular weight is 289 g/mol. The van der Waals surface area contributed by atoms with Gasteiger partial charge in [-0.25, -0.2) is 0 Å².